The third-order valence-corrected chi connectivity index (χ3v) is 6.84. The summed E-state index contributed by atoms with van der Waals surface area (Å²) in [6.07, 6.45) is 2.67. The van der Waals surface area contributed by atoms with Crippen molar-refractivity contribution < 1.29 is 13.5 Å². The van der Waals surface area contributed by atoms with Crippen molar-refractivity contribution in [3.63, 3.8) is 0 Å². The molecule has 0 saturated heterocycles. The maximum atomic E-state index is 13.6. The molecule has 2 aromatic heterocycles. The smallest absolute Gasteiger partial charge is 0.318 e. The standard InChI is InChI=1S/C22H16F2N4O4S2/c1-2-32-20-18(12-26-28(22(20)31)16-8-4-6-14(24)10-16)34-33-17-11-25-27(21(30)19(17)29)15-7-3-5-13(23)9-15/h3-12,25H,2H2,1H3. The Morgan fingerprint density at radius 2 is 1.59 bits per heavy atom. The van der Waals surface area contributed by atoms with Crippen LogP contribution in [0.4, 0.5) is 8.78 Å². The minimum Gasteiger partial charge on any atom is -0.487 e. The zero-order chi connectivity index (χ0) is 24.2. The average molecular weight is 503 g/mol. The lowest BCUT2D eigenvalue weighted by atomic mass is 10.3. The Labute approximate surface area is 198 Å². The maximum absolute atomic E-state index is 13.6. The molecule has 0 aliphatic carbocycles. The van der Waals surface area contributed by atoms with Gasteiger partial charge in [0.15, 0.2) is 0 Å². The van der Waals surface area contributed by atoms with Crippen LogP contribution in [0.2, 0.25) is 0 Å². The predicted octanol–water partition coefficient (Wildman–Crippen LogP) is 3.55. The van der Waals surface area contributed by atoms with Crippen LogP contribution in [0.1, 0.15) is 6.92 Å². The number of hydrogen-bond acceptors (Lipinski definition) is 7. The molecule has 0 spiro atoms. The molecule has 174 valence electrons. The van der Waals surface area contributed by atoms with Crippen molar-refractivity contribution in [3.05, 3.63) is 103 Å². The molecule has 0 aliphatic heterocycles. The van der Waals surface area contributed by atoms with Crippen molar-refractivity contribution in [3.8, 4) is 17.1 Å². The second-order valence-corrected chi connectivity index (χ2v) is 8.93. The largest absolute Gasteiger partial charge is 0.487 e. The van der Waals surface area contributed by atoms with E-state index in [1.54, 1.807) is 6.92 Å². The van der Waals surface area contributed by atoms with Gasteiger partial charge in [-0.05, 0) is 64.9 Å². The van der Waals surface area contributed by atoms with Crippen LogP contribution in [0.15, 0.2) is 85.1 Å². The van der Waals surface area contributed by atoms with Gasteiger partial charge in [0.05, 0.1) is 34.0 Å². The molecule has 0 saturated carbocycles. The molecular formula is C22H16F2N4O4S2. The first-order valence-corrected chi connectivity index (χ1v) is 12.0. The van der Waals surface area contributed by atoms with Crippen molar-refractivity contribution in [1.29, 1.82) is 0 Å². The predicted molar refractivity (Wildman–Crippen MR) is 125 cm³/mol. The minimum atomic E-state index is -0.888. The van der Waals surface area contributed by atoms with E-state index < -0.39 is 28.2 Å². The summed E-state index contributed by atoms with van der Waals surface area (Å²) in [6, 6.07) is 10.6. The summed E-state index contributed by atoms with van der Waals surface area (Å²) >= 11 is 0. The van der Waals surface area contributed by atoms with Crippen LogP contribution in [0.25, 0.3) is 11.4 Å². The summed E-state index contributed by atoms with van der Waals surface area (Å²) in [4.78, 5) is 38.4. The second-order valence-electron chi connectivity index (χ2n) is 6.72. The number of H-pyrrole nitrogens is 1. The quantitative estimate of drug-likeness (QED) is 0.305. The van der Waals surface area contributed by atoms with Crippen LogP contribution in [-0.4, -0.2) is 26.2 Å². The topological polar surface area (TPSA) is 99.0 Å². The van der Waals surface area contributed by atoms with Crippen LogP contribution >= 0.6 is 21.6 Å². The summed E-state index contributed by atoms with van der Waals surface area (Å²) in [5.41, 5.74) is -1.89. The normalized spacial score (nSPS) is 10.9. The Morgan fingerprint density at radius 1 is 0.941 bits per heavy atom. The number of benzene rings is 2. The number of aromatic amines is 1. The van der Waals surface area contributed by atoms with Gasteiger partial charge in [0, 0.05) is 6.20 Å². The molecule has 8 nitrogen and oxygen atoms in total. The molecule has 0 amide bonds. The van der Waals surface area contributed by atoms with E-state index in [2.05, 4.69) is 10.2 Å². The molecule has 0 aliphatic rings. The first-order chi connectivity index (χ1) is 16.4. The van der Waals surface area contributed by atoms with Gasteiger partial charge in [0.25, 0.3) is 5.43 Å². The summed E-state index contributed by atoms with van der Waals surface area (Å²) < 4.78 is 34.5. The number of ether oxygens (including phenoxy) is 1. The fourth-order valence-electron chi connectivity index (χ4n) is 2.96. The number of nitrogens with one attached hydrogen (secondary N) is 1. The van der Waals surface area contributed by atoms with E-state index in [0.29, 0.717) is 4.90 Å². The van der Waals surface area contributed by atoms with Crippen LogP contribution in [-0.2, 0) is 0 Å². The second kappa shape index (κ2) is 10.1. The lowest BCUT2D eigenvalue weighted by molar-refractivity contribution is 0.323. The zero-order valence-electron chi connectivity index (χ0n) is 17.5. The van der Waals surface area contributed by atoms with E-state index in [-0.39, 0.29) is 28.6 Å². The Morgan fingerprint density at radius 3 is 2.26 bits per heavy atom. The van der Waals surface area contributed by atoms with Gasteiger partial charge in [-0.15, -0.1) is 0 Å². The van der Waals surface area contributed by atoms with E-state index >= 15 is 0 Å². The van der Waals surface area contributed by atoms with Gasteiger partial charge >= 0.3 is 11.1 Å². The summed E-state index contributed by atoms with van der Waals surface area (Å²) in [5, 5.41) is 6.75. The fourth-order valence-corrected chi connectivity index (χ4v) is 4.99. The molecule has 0 fully saturated rings. The van der Waals surface area contributed by atoms with Gasteiger partial charge in [-0.2, -0.15) is 9.78 Å². The lowest BCUT2D eigenvalue weighted by Crippen LogP contribution is -2.35. The van der Waals surface area contributed by atoms with E-state index in [4.69, 9.17) is 4.74 Å². The number of nitrogens with zero attached hydrogens (tertiary/aromatic N) is 3. The maximum Gasteiger partial charge on any atom is 0.318 e. The van der Waals surface area contributed by atoms with Crippen LogP contribution in [0, 0.1) is 11.6 Å². The van der Waals surface area contributed by atoms with Gasteiger partial charge in [-0.25, -0.2) is 13.5 Å². The van der Waals surface area contributed by atoms with Crippen LogP contribution < -0.4 is 21.3 Å². The number of halogens is 2. The lowest BCUT2D eigenvalue weighted by Gasteiger charge is -2.12. The van der Waals surface area contributed by atoms with Gasteiger partial charge in [0.1, 0.15) is 11.6 Å². The number of rotatable bonds is 7. The summed E-state index contributed by atoms with van der Waals surface area (Å²) in [6.45, 7) is 1.88. The van der Waals surface area contributed by atoms with Crippen molar-refractivity contribution >= 4 is 21.6 Å². The molecule has 1 N–H and O–H groups in total. The number of hydrogen-bond donors (Lipinski definition) is 1. The molecule has 0 unspecified atom stereocenters. The van der Waals surface area contributed by atoms with E-state index in [9.17, 15) is 23.2 Å². The van der Waals surface area contributed by atoms with Crippen molar-refractivity contribution in [2.45, 2.75) is 16.7 Å². The molecule has 0 bridgehead atoms. The Balaban J connectivity index is 1.64. The van der Waals surface area contributed by atoms with Crippen molar-refractivity contribution in [1.82, 2.24) is 19.6 Å². The Hall–Kier alpha value is -3.64. The molecule has 4 rings (SSSR count). The molecule has 0 radical (unpaired) electrons. The first kappa shape index (κ1) is 23.5. The summed E-state index contributed by atoms with van der Waals surface area (Å²) in [7, 11) is 1.93. The van der Waals surface area contributed by atoms with Crippen LogP contribution in [0.5, 0.6) is 5.75 Å². The highest BCUT2D eigenvalue weighted by Crippen LogP contribution is 2.38. The highest BCUT2D eigenvalue weighted by Gasteiger charge is 2.17. The zero-order valence-corrected chi connectivity index (χ0v) is 19.2. The van der Waals surface area contributed by atoms with E-state index in [0.717, 1.165) is 37.0 Å². The molecule has 12 heteroatoms. The van der Waals surface area contributed by atoms with Gasteiger partial charge in [0.2, 0.25) is 5.75 Å². The van der Waals surface area contributed by atoms with Gasteiger partial charge in [-0.1, -0.05) is 12.1 Å². The highest BCUT2D eigenvalue weighted by atomic mass is 33.1. The summed E-state index contributed by atoms with van der Waals surface area (Å²) in [5.74, 6) is -1.10. The monoisotopic (exact) mass is 502 g/mol. The van der Waals surface area contributed by atoms with Crippen molar-refractivity contribution in [2.24, 2.45) is 0 Å². The minimum absolute atomic E-state index is 0.0243. The Kier molecular flexibility index (Phi) is 6.98. The van der Waals surface area contributed by atoms with Crippen molar-refractivity contribution in [2.75, 3.05) is 6.61 Å². The molecule has 2 aromatic carbocycles. The molecular weight excluding hydrogens is 486 g/mol. The molecule has 2 heterocycles. The SMILES string of the molecule is CCOc1c(SSc2c[nH]n(-c3cccc(F)c3)c(=O)c2=O)cnn(-c2cccc(F)c2)c1=O. The third-order valence-electron chi connectivity index (χ3n) is 4.48. The van der Waals surface area contributed by atoms with Gasteiger partial charge in [-0.3, -0.25) is 19.5 Å². The van der Waals surface area contributed by atoms with Gasteiger partial charge < -0.3 is 4.74 Å². The van der Waals surface area contributed by atoms with E-state index in [1.807, 2.05) is 0 Å². The first-order valence-electron chi connectivity index (χ1n) is 9.85. The third kappa shape index (κ3) is 4.82. The molecule has 0 atom stereocenters. The van der Waals surface area contributed by atoms with E-state index in [1.165, 1.54) is 54.9 Å². The van der Waals surface area contributed by atoms with Crippen LogP contribution in [0.3, 0.4) is 0 Å². The fraction of sp³-hybridized carbons (Fsp3) is 0.0909. The highest BCUT2D eigenvalue weighted by molar-refractivity contribution is 8.76. The molecule has 34 heavy (non-hydrogen) atoms. The molecule has 4 aromatic rings. The number of aromatic nitrogens is 4. The average Bonchev–Trinajstić information content (AvgIpc) is 2.82. The Bertz CT molecular complexity index is 1530.